The number of carbonyl (C=O) groups is 1. The van der Waals surface area contributed by atoms with Gasteiger partial charge in [-0.25, -0.2) is 4.39 Å². The van der Waals surface area contributed by atoms with Gasteiger partial charge in [-0.1, -0.05) is 12.1 Å². The number of ether oxygens (including phenoxy) is 1. The number of nitrogens with zero attached hydrogens (tertiary/aromatic N) is 1. The Morgan fingerprint density at radius 2 is 2.30 bits per heavy atom. The second-order valence-electron chi connectivity index (χ2n) is 5.06. The number of likely N-dealkylation sites (tertiary alicyclic amines) is 1. The number of rotatable bonds is 6. The lowest BCUT2D eigenvalue weighted by atomic mass is 9.89. The topological polar surface area (TPSA) is 49.8 Å². The molecule has 1 aromatic rings. The maximum Gasteiger partial charge on any atom is 0.308 e. The minimum Gasteiger partial charge on any atom is -0.481 e. The van der Waals surface area contributed by atoms with Crippen LogP contribution in [-0.4, -0.2) is 48.8 Å². The quantitative estimate of drug-likeness (QED) is 0.810. The zero-order valence-electron chi connectivity index (χ0n) is 11.6. The zero-order valence-corrected chi connectivity index (χ0v) is 11.6. The van der Waals surface area contributed by atoms with E-state index in [1.54, 1.807) is 12.1 Å². The number of benzene rings is 1. The van der Waals surface area contributed by atoms with Gasteiger partial charge in [0, 0.05) is 32.2 Å². The number of hydrogen-bond donors (Lipinski definition) is 1. The Hall–Kier alpha value is -1.46. The number of aliphatic carboxylic acids is 1. The molecule has 1 aromatic carbocycles. The highest BCUT2D eigenvalue weighted by Crippen LogP contribution is 2.33. The molecular weight excluding hydrogens is 261 g/mol. The van der Waals surface area contributed by atoms with E-state index in [9.17, 15) is 14.3 Å². The van der Waals surface area contributed by atoms with Gasteiger partial charge in [0.05, 0.1) is 12.5 Å². The molecule has 1 aliphatic heterocycles. The molecule has 5 heteroatoms. The molecule has 0 radical (unpaired) electrons. The summed E-state index contributed by atoms with van der Waals surface area (Å²) < 4.78 is 18.6. The summed E-state index contributed by atoms with van der Waals surface area (Å²) in [6.45, 7) is 5.02. The standard InChI is InChI=1S/C15H20FNO3/c1-2-20-7-6-17-9-13(14(10-17)15(18)19)11-4-3-5-12(16)8-11/h3-5,8,13-14H,2,6-7,9-10H2,1H3,(H,18,19)/t13-,14+/m1/s1. The lowest BCUT2D eigenvalue weighted by Gasteiger charge is -2.16. The van der Waals surface area contributed by atoms with Gasteiger partial charge in [0.2, 0.25) is 0 Å². The fraction of sp³-hybridized carbons (Fsp3) is 0.533. The molecule has 1 fully saturated rings. The van der Waals surface area contributed by atoms with Gasteiger partial charge in [-0.2, -0.15) is 0 Å². The molecule has 20 heavy (non-hydrogen) atoms. The SMILES string of the molecule is CCOCCN1C[C@H](C(=O)O)[C@@H](c2cccc(F)c2)C1. The van der Waals surface area contributed by atoms with Crippen LogP contribution in [0.15, 0.2) is 24.3 Å². The summed E-state index contributed by atoms with van der Waals surface area (Å²) in [5, 5.41) is 9.35. The van der Waals surface area contributed by atoms with Crippen molar-refractivity contribution in [3.05, 3.63) is 35.6 Å². The van der Waals surface area contributed by atoms with Gasteiger partial charge in [0.1, 0.15) is 5.82 Å². The van der Waals surface area contributed by atoms with E-state index >= 15 is 0 Å². The summed E-state index contributed by atoms with van der Waals surface area (Å²) in [5.41, 5.74) is 0.760. The van der Waals surface area contributed by atoms with Gasteiger partial charge in [-0.05, 0) is 24.6 Å². The van der Waals surface area contributed by atoms with Crippen molar-refractivity contribution in [2.45, 2.75) is 12.8 Å². The molecule has 0 aromatic heterocycles. The van der Waals surface area contributed by atoms with Crippen LogP contribution in [0.4, 0.5) is 4.39 Å². The molecule has 110 valence electrons. The van der Waals surface area contributed by atoms with Crippen LogP contribution in [0.3, 0.4) is 0 Å². The average molecular weight is 281 g/mol. The highest BCUT2D eigenvalue weighted by molar-refractivity contribution is 5.72. The predicted molar refractivity (Wildman–Crippen MR) is 73.2 cm³/mol. The lowest BCUT2D eigenvalue weighted by molar-refractivity contribution is -0.141. The normalized spacial score (nSPS) is 23.1. The van der Waals surface area contributed by atoms with Gasteiger partial charge in [0.25, 0.3) is 0 Å². The second-order valence-corrected chi connectivity index (χ2v) is 5.06. The fourth-order valence-corrected chi connectivity index (χ4v) is 2.73. The molecular formula is C15H20FNO3. The van der Waals surface area contributed by atoms with Gasteiger partial charge >= 0.3 is 5.97 Å². The van der Waals surface area contributed by atoms with Crippen LogP contribution in [-0.2, 0) is 9.53 Å². The molecule has 1 aliphatic rings. The predicted octanol–water partition coefficient (Wildman–Crippen LogP) is 1.96. The first-order chi connectivity index (χ1) is 9.61. The van der Waals surface area contributed by atoms with E-state index in [-0.39, 0.29) is 11.7 Å². The Kier molecular flexibility index (Phi) is 5.09. The van der Waals surface area contributed by atoms with E-state index in [1.807, 2.05) is 6.92 Å². The Bertz CT molecular complexity index is 466. The molecule has 0 saturated carbocycles. The number of halogens is 1. The highest BCUT2D eigenvalue weighted by atomic mass is 19.1. The van der Waals surface area contributed by atoms with Crippen LogP contribution in [0.2, 0.25) is 0 Å². The minimum atomic E-state index is -0.821. The summed E-state index contributed by atoms with van der Waals surface area (Å²) in [5.74, 6) is -1.79. The molecule has 2 atom stereocenters. The van der Waals surface area contributed by atoms with E-state index < -0.39 is 11.9 Å². The number of carboxylic acid groups (broad SMARTS) is 1. The molecule has 0 aliphatic carbocycles. The third kappa shape index (κ3) is 3.55. The number of hydrogen-bond acceptors (Lipinski definition) is 3. The summed E-state index contributed by atoms with van der Waals surface area (Å²) >= 11 is 0. The Morgan fingerprint density at radius 3 is 2.95 bits per heavy atom. The van der Waals surface area contributed by atoms with Gasteiger partial charge in [-0.3, -0.25) is 9.69 Å². The van der Waals surface area contributed by atoms with Crippen LogP contribution < -0.4 is 0 Å². The van der Waals surface area contributed by atoms with Crippen molar-refractivity contribution in [3.8, 4) is 0 Å². The van der Waals surface area contributed by atoms with Crippen LogP contribution in [0.5, 0.6) is 0 Å². The van der Waals surface area contributed by atoms with E-state index in [0.29, 0.717) is 32.8 Å². The summed E-state index contributed by atoms with van der Waals surface area (Å²) in [4.78, 5) is 13.5. The molecule has 0 amide bonds. The van der Waals surface area contributed by atoms with Crippen LogP contribution >= 0.6 is 0 Å². The van der Waals surface area contributed by atoms with Crippen molar-refractivity contribution in [2.24, 2.45) is 5.92 Å². The van der Waals surface area contributed by atoms with E-state index in [2.05, 4.69) is 4.90 Å². The molecule has 0 bridgehead atoms. The third-order valence-electron chi connectivity index (χ3n) is 3.75. The highest BCUT2D eigenvalue weighted by Gasteiger charge is 2.38. The molecule has 0 unspecified atom stereocenters. The van der Waals surface area contributed by atoms with Crippen LogP contribution in [0, 0.1) is 11.7 Å². The van der Waals surface area contributed by atoms with Crippen molar-refractivity contribution in [1.82, 2.24) is 4.90 Å². The third-order valence-corrected chi connectivity index (χ3v) is 3.75. The number of carboxylic acids is 1. The van der Waals surface area contributed by atoms with Crippen molar-refractivity contribution in [2.75, 3.05) is 32.8 Å². The van der Waals surface area contributed by atoms with Crippen molar-refractivity contribution < 1.29 is 19.0 Å². The van der Waals surface area contributed by atoms with Gasteiger partial charge in [-0.15, -0.1) is 0 Å². The van der Waals surface area contributed by atoms with E-state index in [0.717, 1.165) is 5.56 Å². The Morgan fingerprint density at radius 1 is 1.50 bits per heavy atom. The maximum atomic E-state index is 13.3. The lowest BCUT2D eigenvalue weighted by Crippen LogP contribution is -2.26. The largest absolute Gasteiger partial charge is 0.481 e. The van der Waals surface area contributed by atoms with Crippen molar-refractivity contribution >= 4 is 5.97 Å². The smallest absolute Gasteiger partial charge is 0.308 e. The Balaban J connectivity index is 2.08. The molecule has 2 rings (SSSR count). The minimum absolute atomic E-state index is 0.162. The zero-order chi connectivity index (χ0) is 14.5. The van der Waals surface area contributed by atoms with Crippen LogP contribution in [0.1, 0.15) is 18.4 Å². The molecule has 1 saturated heterocycles. The van der Waals surface area contributed by atoms with E-state index in [1.165, 1.54) is 12.1 Å². The fourth-order valence-electron chi connectivity index (χ4n) is 2.73. The first kappa shape index (κ1) is 14.9. The molecule has 4 nitrogen and oxygen atoms in total. The van der Waals surface area contributed by atoms with Gasteiger partial charge < -0.3 is 9.84 Å². The summed E-state index contributed by atoms with van der Waals surface area (Å²) in [7, 11) is 0. The molecule has 1 N–H and O–H groups in total. The first-order valence-corrected chi connectivity index (χ1v) is 6.90. The summed E-state index contributed by atoms with van der Waals surface area (Å²) in [6, 6.07) is 6.25. The first-order valence-electron chi connectivity index (χ1n) is 6.90. The second kappa shape index (κ2) is 6.81. The van der Waals surface area contributed by atoms with Crippen LogP contribution in [0.25, 0.3) is 0 Å². The Labute approximate surface area is 118 Å². The molecule has 0 spiro atoms. The van der Waals surface area contributed by atoms with Crippen molar-refractivity contribution in [3.63, 3.8) is 0 Å². The molecule has 1 heterocycles. The monoisotopic (exact) mass is 281 g/mol. The average Bonchev–Trinajstić information content (AvgIpc) is 2.83. The maximum absolute atomic E-state index is 13.3. The van der Waals surface area contributed by atoms with Gasteiger partial charge in [0.15, 0.2) is 0 Å². The van der Waals surface area contributed by atoms with Crippen molar-refractivity contribution in [1.29, 1.82) is 0 Å². The summed E-state index contributed by atoms with van der Waals surface area (Å²) in [6.07, 6.45) is 0. The van der Waals surface area contributed by atoms with E-state index in [4.69, 9.17) is 4.74 Å².